The summed E-state index contributed by atoms with van der Waals surface area (Å²) in [7, 11) is -4.08. The maximum Gasteiger partial charge on any atom is 0.270 e. The number of fused-ring (bicyclic) bond motifs is 1. The number of nitrogens with one attached hydrogen (secondary N) is 1. The van der Waals surface area contributed by atoms with Gasteiger partial charge in [0.2, 0.25) is 0 Å². The highest BCUT2D eigenvalue weighted by molar-refractivity contribution is 7.97. The van der Waals surface area contributed by atoms with Crippen molar-refractivity contribution in [3.8, 4) is 0 Å². The van der Waals surface area contributed by atoms with Crippen LogP contribution in [0.15, 0.2) is 83.8 Å². The number of anilines is 2. The first-order valence-corrected chi connectivity index (χ1v) is 12.1. The standard InChI is InChI=1S/C26H26N2O3S/c1-4-28-23-17-11-9-15-21(23)24(19-12-6-5-7-13-19)25(32(28,30)31)26(29)27-22-16-10-8-14-20(22)18(2)3/h5-18H,4H2,1-3H3,(H,27,29). The summed E-state index contributed by atoms with van der Waals surface area (Å²) in [5, 5.41) is 2.89. The Labute approximate surface area is 189 Å². The van der Waals surface area contributed by atoms with Crippen LogP contribution in [-0.4, -0.2) is 20.9 Å². The third kappa shape index (κ3) is 3.71. The minimum absolute atomic E-state index is 0.171. The van der Waals surface area contributed by atoms with Crippen molar-refractivity contribution in [3.05, 3.63) is 100 Å². The number of amides is 1. The highest BCUT2D eigenvalue weighted by Gasteiger charge is 2.40. The second-order valence-corrected chi connectivity index (χ2v) is 9.75. The third-order valence-electron chi connectivity index (χ3n) is 5.60. The first kappa shape index (κ1) is 21.8. The zero-order valence-electron chi connectivity index (χ0n) is 18.4. The van der Waals surface area contributed by atoms with E-state index in [1.165, 1.54) is 4.31 Å². The Balaban J connectivity index is 1.97. The van der Waals surface area contributed by atoms with Crippen LogP contribution in [-0.2, 0) is 14.8 Å². The SMILES string of the molecule is CCN1c2ccccc2C(c2ccccc2)=C(C(=O)Nc2ccccc2C(C)C)S1(=O)=O. The van der Waals surface area contributed by atoms with Gasteiger partial charge in [-0.15, -0.1) is 0 Å². The topological polar surface area (TPSA) is 66.5 Å². The average Bonchev–Trinajstić information content (AvgIpc) is 2.78. The number of hydrogen-bond acceptors (Lipinski definition) is 3. The molecule has 32 heavy (non-hydrogen) atoms. The molecule has 1 heterocycles. The van der Waals surface area contributed by atoms with E-state index in [4.69, 9.17) is 0 Å². The summed E-state index contributed by atoms with van der Waals surface area (Å²) in [5.41, 5.74) is 3.96. The summed E-state index contributed by atoms with van der Waals surface area (Å²) in [4.78, 5) is 13.4. The van der Waals surface area contributed by atoms with Gasteiger partial charge in [-0.1, -0.05) is 80.6 Å². The molecule has 0 atom stereocenters. The Morgan fingerprint density at radius 2 is 1.53 bits per heavy atom. The van der Waals surface area contributed by atoms with Gasteiger partial charge in [0.15, 0.2) is 4.91 Å². The van der Waals surface area contributed by atoms with E-state index in [1.54, 1.807) is 19.1 Å². The molecule has 1 aliphatic rings. The predicted molar refractivity (Wildman–Crippen MR) is 130 cm³/mol. The van der Waals surface area contributed by atoms with Gasteiger partial charge in [-0.2, -0.15) is 0 Å². The number of carbonyl (C=O) groups excluding carboxylic acids is 1. The Kier molecular flexibility index (Phi) is 5.89. The second kappa shape index (κ2) is 8.63. The number of para-hydroxylation sites is 2. The lowest BCUT2D eigenvalue weighted by Crippen LogP contribution is -2.39. The Bertz CT molecular complexity index is 1300. The number of benzene rings is 3. The molecule has 0 fully saturated rings. The average molecular weight is 447 g/mol. The zero-order valence-corrected chi connectivity index (χ0v) is 19.2. The van der Waals surface area contributed by atoms with Gasteiger partial charge in [0.25, 0.3) is 15.9 Å². The molecule has 1 amide bonds. The molecule has 164 valence electrons. The normalized spacial score (nSPS) is 14.9. The molecule has 0 unspecified atom stereocenters. The molecule has 0 bridgehead atoms. The van der Waals surface area contributed by atoms with E-state index in [1.807, 2.05) is 80.6 Å². The van der Waals surface area contributed by atoms with E-state index < -0.39 is 15.9 Å². The fourth-order valence-corrected chi connectivity index (χ4v) is 5.90. The van der Waals surface area contributed by atoms with Crippen molar-refractivity contribution in [2.24, 2.45) is 0 Å². The van der Waals surface area contributed by atoms with Crippen LogP contribution in [0.3, 0.4) is 0 Å². The van der Waals surface area contributed by atoms with Gasteiger partial charge in [-0.3, -0.25) is 9.10 Å². The fourth-order valence-electron chi connectivity index (χ4n) is 4.15. The molecule has 0 aliphatic carbocycles. The van der Waals surface area contributed by atoms with Crippen molar-refractivity contribution < 1.29 is 13.2 Å². The maximum absolute atomic E-state index is 13.7. The molecule has 4 rings (SSSR count). The van der Waals surface area contributed by atoms with E-state index in [0.29, 0.717) is 22.5 Å². The summed E-state index contributed by atoms with van der Waals surface area (Å²) in [5.74, 6) is -0.463. The molecule has 0 radical (unpaired) electrons. The van der Waals surface area contributed by atoms with Crippen LogP contribution < -0.4 is 9.62 Å². The zero-order chi connectivity index (χ0) is 22.9. The van der Waals surface area contributed by atoms with Crippen molar-refractivity contribution in [3.63, 3.8) is 0 Å². The van der Waals surface area contributed by atoms with E-state index in [-0.39, 0.29) is 17.4 Å². The molecule has 0 aromatic heterocycles. The van der Waals surface area contributed by atoms with Gasteiger partial charge < -0.3 is 5.32 Å². The lowest BCUT2D eigenvalue weighted by atomic mass is 9.95. The highest BCUT2D eigenvalue weighted by atomic mass is 32.2. The quantitative estimate of drug-likeness (QED) is 0.572. The third-order valence-corrected chi connectivity index (χ3v) is 7.54. The molecule has 0 spiro atoms. The molecule has 3 aromatic carbocycles. The Morgan fingerprint density at radius 1 is 0.906 bits per heavy atom. The number of hydrogen-bond donors (Lipinski definition) is 1. The van der Waals surface area contributed by atoms with Crippen LogP contribution >= 0.6 is 0 Å². The van der Waals surface area contributed by atoms with Crippen LogP contribution in [0, 0.1) is 0 Å². The number of rotatable bonds is 5. The van der Waals surface area contributed by atoms with Gasteiger partial charge in [-0.05, 0) is 36.1 Å². The summed E-state index contributed by atoms with van der Waals surface area (Å²) < 4.78 is 28.8. The second-order valence-electron chi connectivity index (χ2n) is 7.95. The number of nitrogens with zero attached hydrogens (tertiary/aromatic N) is 1. The molecule has 6 heteroatoms. The van der Waals surface area contributed by atoms with E-state index >= 15 is 0 Å². The van der Waals surface area contributed by atoms with E-state index in [9.17, 15) is 13.2 Å². The minimum atomic E-state index is -4.08. The molecule has 1 N–H and O–H groups in total. The monoisotopic (exact) mass is 446 g/mol. The number of sulfonamides is 1. The van der Waals surface area contributed by atoms with Gasteiger partial charge in [-0.25, -0.2) is 8.42 Å². The first-order valence-electron chi connectivity index (χ1n) is 10.7. The molecule has 3 aromatic rings. The van der Waals surface area contributed by atoms with Gasteiger partial charge >= 0.3 is 0 Å². The Morgan fingerprint density at radius 3 is 2.22 bits per heavy atom. The van der Waals surface area contributed by atoms with Crippen molar-refractivity contribution >= 4 is 32.9 Å². The maximum atomic E-state index is 13.7. The van der Waals surface area contributed by atoms with Crippen molar-refractivity contribution in [2.45, 2.75) is 26.7 Å². The summed E-state index contributed by atoms with van der Waals surface area (Å²) in [6, 6.07) is 24.0. The first-order chi connectivity index (χ1) is 15.4. The molecule has 1 aliphatic heterocycles. The van der Waals surface area contributed by atoms with Crippen molar-refractivity contribution in [1.82, 2.24) is 0 Å². The van der Waals surface area contributed by atoms with Crippen LogP contribution in [0.25, 0.3) is 5.57 Å². The predicted octanol–water partition coefficient (Wildman–Crippen LogP) is 5.38. The van der Waals surface area contributed by atoms with Gasteiger partial charge in [0.05, 0.1) is 5.69 Å². The van der Waals surface area contributed by atoms with E-state index in [2.05, 4.69) is 5.32 Å². The molecule has 5 nitrogen and oxygen atoms in total. The lowest BCUT2D eigenvalue weighted by molar-refractivity contribution is -0.112. The van der Waals surface area contributed by atoms with Gasteiger partial charge in [0.1, 0.15) is 0 Å². The number of carbonyl (C=O) groups is 1. The lowest BCUT2D eigenvalue weighted by Gasteiger charge is -2.32. The summed E-state index contributed by atoms with van der Waals surface area (Å²) in [6.45, 7) is 6.06. The smallest absolute Gasteiger partial charge is 0.270 e. The van der Waals surface area contributed by atoms with Crippen molar-refractivity contribution in [1.29, 1.82) is 0 Å². The van der Waals surface area contributed by atoms with Crippen molar-refractivity contribution in [2.75, 3.05) is 16.2 Å². The van der Waals surface area contributed by atoms with Gasteiger partial charge in [0, 0.05) is 23.4 Å². The summed E-state index contributed by atoms with van der Waals surface area (Å²) in [6.07, 6.45) is 0. The van der Waals surface area contributed by atoms with Crippen LogP contribution in [0.5, 0.6) is 0 Å². The molecule has 0 saturated carbocycles. The minimum Gasteiger partial charge on any atom is -0.321 e. The molecular weight excluding hydrogens is 420 g/mol. The largest absolute Gasteiger partial charge is 0.321 e. The highest BCUT2D eigenvalue weighted by Crippen LogP contribution is 2.43. The molecular formula is C26H26N2O3S. The van der Waals surface area contributed by atoms with Crippen LogP contribution in [0.4, 0.5) is 11.4 Å². The van der Waals surface area contributed by atoms with Crippen LogP contribution in [0.2, 0.25) is 0 Å². The Hall–Kier alpha value is -3.38. The van der Waals surface area contributed by atoms with Crippen LogP contribution in [0.1, 0.15) is 43.4 Å². The fraction of sp³-hybridized carbons (Fsp3) is 0.192. The molecule has 0 saturated heterocycles. The summed E-state index contributed by atoms with van der Waals surface area (Å²) >= 11 is 0. The van der Waals surface area contributed by atoms with E-state index in [0.717, 1.165) is 11.1 Å².